The maximum Gasteiger partial charge on any atom is 0.150 e. The Morgan fingerprint density at radius 1 is 1.69 bits per heavy atom. The van der Waals surface area contributed by atoms with Crippen molar-refractivity contribution in [2.75, 3.05) is 11.1 Å². The van der Waals surface area contributed by atoms with Gasteiger partial charge in [0.05, 0.1) is 0 Å². The lowest BCUT2D eigenvalue weighted by atomic mass is 10.3. The summed E-state index contributed by atoms with van der Waals surface area (Å²) in [5.74, 6) is 0.803. The number of halogens is 1. The van der Waals surface area contributed by atoms with Crippen molar-refractivity contribution in [2.24, 2.45) is 0 Å². The van der Waals surface area contributed by atoms with Gasteiger partial charge in [0.2, 0.25) is 0 Å². The highest BCUT2D eigenvalue weighted by atomic mass is 35.5. The fraction of sp³-hybridized carbons (Fsp3) is 0.250. The molecule has 13 heavy (non-hydrogen) atoms. The Morgan fingerprint density at radius 2 is 2.38 bits per heavy atom. The Kier molecular flexibility index (Phi) is 3.08. The van der Waals surface area contributed by atoms with E-state index in [9.17, 15) is 0 Å². The maximum absolute atomic E-state index is 5.85. The number of anilines is 2. The highest BCUT2D eigenvalue weighted by molar-refractivity contribution is 6.35. The molecule has 0 radical (unpaired) electrons. The highest BCUT2D eigenvalue weighted by Gasteiger charge is 2.06. The first-order valence-corrected chi connectivity index (χ1v) is 4.18. The van der Waals surface area contributed by atoms with E-state index in [0.717, 1.165) is 0 Å². The Hall–Kier alpha value is -1.29. The molecule has 0 aliphatic heterocycles. The first kappa shape index (κ1) is 9.80. The largest absolute Gasteiger partial charge is 0.382 e. The number of nitrogens with one attached hydrogen (secondary N) is 1. The molecule has 0 bridgehead atoms. The van der Waals surface area contributed by atoms with E-state index in [1.807, 2.05) is 6.92 Å². The molecule has 3 N–H and O–H groups in total. The first-order chi connectivity index (χ1) is 6.15. The van der Waals surface area contributed by atoms with Gasteiger partial charge in [-0.3, -0.25) is 0 Å². The molecule has 1 rings (SSSR count). The van der Waals surface area contributed by atoms with Crippen LogP contribution < -0.4 is 11.1 Å². The minimum absolute atomic E-state index is 0.0896. The summed E-state index contributed by atoms with van der Waals surface area (Å²) in [6, 6.07) is 0.0896. The van der Waals surface area contributed by atoms with Gasteiger partial charge in [-0.15, -0.1) is 6.58 Å². The molecule has 1 heterocycles. The van der Waals surface area contributed by atoms with Gasteiger partial charge in [-0.1, -0.05) is 17.7 Å². The average Bonchev–Trinajstić information content (AvgIpc) is 2.13. The number of hydrogen-bond donors (Lipinski definition) is 2. The second-order valence-electron chi connectivity index (χ2n) is 2.59. The first-order valence-electron chi connectivity index (χ1n) is 3.80. The second kappa shape index (κ2) is 4.09. The summed E-state index contributed by atoms with van der Waals surface area (Å²) in [6.45, 7) is 5.56. The lowest BCUT2D eigenvalue weighted by molar-refractivity contribution is 0.977. The Bertz CT molecular complexity index is 313. The van der Waals surface area contributed by atoms with Crippen molar-refractivity contribution in [1.82, 2.24) is 9.97 Å². The molecule has 0 spiro atoms. The van der Waals surface area contributed by atoms with Crippen LogP contribution >= 0.6 is 11.6 Å². The Labute approximate surface area is 81.8 Å². The van der Waals surface area contributed by atoms with Crippen molar-refractivity contribution >= 4 is 23.2 Å². The fourth-order valence-electron chi connectivity index (χ4n) is 0.759. The van der Waals surface area contributed by atoms with E-state index >= 15 is 0 Å². The summed E-state index contributed by atoms with van der Waals surface area (Å²) >= 11 is 5.85. The number of nitrogens with two attached hydrogens (primary N) is 1. The van der Waals surface area contributed by atoms with E-state index in [2.05, 4.69) is 21.9 Å². The summed E-state index contributed by atoms with van der Waals surface area (Å²) < 4.78 is 0. The standard InChI is InChI=1S/C8H11ClN4/c1-3-5(2)13-8-6(9)7(10)11-4-12-8/h3-5H,1H2,2H3,(H3,10,11,12,13). The van der Waals surface area contributed by atoms with Crippen LogP contribution in [0.2, 0.25) is 5.02 Å². The van der Waals surface area contributed by atoms with Crippen LogP contribution in [0, 0.1) is 0 Å². The van der Waals surface area contributed by atoms with Crippen molar-refractivity contribution in [3.05, 3.63) is 24.0 Å². The molecule has 0 saturated heterocycles. The third-order valence-electron chi connectivity index (χ3n) is 1.53. The zero-order chi connectivity index (χ0) is 9.84. The summed E-state index contributed by atoms with van der Waals surface area (Å²) in [5.41, 5.74) is 5.49. The third-order valence-corrected chi connectivity index (χ3v) is 1.91. The van der Waals surface area contributed by atoms with Gasteiger partial charge in [0.1, 0.15) is 17.2 Å². The number of hydrogen-bond acceptors (Lipinski definition) is 4. The van der Waals surface area contributed by atoms with Gasteiger partial charge in [-0.25, -0.2) is 9.97 Å². The number of aromatic nitrogens is 2. The Balaban J connectivity index is 2.88. The van der Waals surface area contributed by atoms with Crippen LogP contribution in [0.15, 0.2) is 19.0 Å². The topological polar surface area (TPSA) is 63.8 Å². The van der Waals surface area contributed by atoms with E-state index in [0.29, 0.717) is 10.8 Å². The molecule has 70 valence electrons. The zero-order valence-electron chi connectivity index (χ0n) is 7.29. The fourth-order valence-corrected chi connectivity index (χ4v) is 0.911. The Morgan fingerprint density at radius 3 is 3.00 bits per heavy atom. The zero-order valence-corrected chi connectivity index (χ0v) is 8.04. The molecule has 4 nitrogen and oxygen atoms in total. The molecule has 1 unspecified atom stereocenters. The van der Waals surface area contributed by atoms with Crippen LogP contribution in [0.25, 0.3) is 0 Å². The SMILES string of the molecule is C=CC(C)Nc1ncnc(N)c1Cl. The summed E-state index contributed by atoms with van der Waals surface area (Å²) in [5, 5.41) is 3.36. The van der Waals surface area contributed by atoms with Gasteiger partial charge in [0, 0.05) is 6.04 Å². The smallest absolute Gasteiger partial charge is 0.150 e. The van der Waals surface area contributed by atoms with E-state index in [4.69, 9.17) is 17.3 Å². The van der Waals surface area contributed by atoms with Gasteiger partial charge in [0.15, 0.2) is 5.82 Å². The predicted molar refractivity (Wildman–Crippen MR) is 54.7 cm³/mol. The molecule has 1 atom stereocenters. The van der Waals surface area contributed by atoms with Crippen molar-refractivity contribution < 1.29 is 0 Å². The number of nitrogens with zero attached hydrogens (tertiary/aromatic N) is 2. The molecular formula is C8H11ClN4. The highest BCUT2D eigenvalue weighted by Crippen LogP contribution is 2.23. The van der Waals surface area contributed by atoms with Crippen LogP contribution in [0.1, 0.15) is 6.92 Å². The molecule has 1 aromatic rings. The van der Waals surface area contributed by atoms with E-state index in [-0.39, 0.29) is 11.9 Å². The van der Waals surface area contributed by atoms with Crippen molar-refractivity contribution in [3.8, 4) is 0 Å². The van der Waals surface area contributed by atoms with Crippen LogP contribution in [0.5, 0.6) is 0 Å². The molecule has 0 fully saturated rings. The average molecular weight is 199 g/mol. The molecule has 0 aromatic carbocycles. The molecule has 5 heteroatoms. The molecule has 0 saturated carbocycles. The van der Waals surface area contributed by atoms with E-state index in [1.54, 1.807) is 6.08 Å². The second-order valence-corrected chi connectivity index (χ2v) is 2.97. The lowest BCUT2D eigenvalue weighted by Gasteiger charge is -2.11. The van der Waals surface area contributed by atoms with E-state index in [1.165, 1.54) is 6.33 Å². The van der Waals surface area contributed by atoms with Gasteiger partial charge < -0.3 is 11.1 Å². The van der Waals surface area contributed by atoms with Crippen molar-refractivity contribution in [2.45, 2.75) is 13.0 Å². The molecule has 0 amide bonds. The monoisotopic (exact) mass is 198 g/mol. The minimum atomic E-state index is 0.0896. The molecular weight excluding hydrogens is 188 g/mol. The van der Waals surface area contributed by atoms with Crippen LogP contribution in [0.4, 0.5) is 11.6 Å². The van der Waals surface area contributed by atoms with Crippen molar-refractivity contribution in [3.63, 3.8) is 0 Å². The summed E-state index contributed by atoms with van der Waals surface area (Å²) in [4.78, 5) is 7.69. The summed E-state index contributed by atoms with van der Waals surface area (Å²) in [7, 11) is 0. The van der Waals surface area contributed by atoms with Crippen molar-refractivity contribution in [1.29, 1.82) is 0 Å². The van der Waals surface area contributed by atoms with Crippen LogP contribution in [-0.4, -0.2) is 16.0 Å². The van der Waals surface area contributed by atoms with Gasteiger partial charge in [-0.2, -0.15) is 0 Å². The minimum Gasteiger partial charge on any atom is -0.382 e. The summed E-state index contributed by atoms with van der Waals surface area (Å²) in [6.07, 6.45) is 3.11. The number of rotatable bonds is 3. The van der Waals surface area contributed by atoms with Gasteiger partial charge in [-0.05, 0) is 6.92 Å². The molecule has 0 aliphatic carbocycles. The lowest BCUT2D eigenvalue weighted by Crippen LogP contribution is -2.13. The van der Waals surface area contributed by atoms with Gasteiger partial charge in [0.25, 0.3) is 0 Å². The van der Waals surface area contributed by atoms with Gasteiger partial charge >= 0.3 is 0 Å². The maximum atomic E-state index is 5.85. The molecule has 0 aliphatic rings. The third kappa shape index (κ3) is 2.32. The van der Waals surface area contributed by atoms with Crippen LogP contribution in [0.3, 0.4) is 0 Å². The normalized spacial score (nSPS) is 12.2. The van der Waals surface area contributed by atoms with E-state index < -0.39 is 0 Å². The quantitative estimate of drug-likeness (QED) is 0.726. The number of nitrogen functional groups attached to an aromatic ring is 1. The predicted octanol–water partition coefficient (Wildman–Crippen LogP) is 1.70. The molecule has 1 aromatic heterocycles. The van der Waals surface area contributed by atoms with Crippen LogP contribution in [-0.2, 0) is 0 Å².